The van der Waals surface area contributed by atoms with Crippen LogP contribution in [0.25, 0.3) is 0 Å². The number of esters is 1. The minimum Gasteiger partial charge on any atom is -0.496 e. The third-order valence-corrected chi connectivity index (χ3v) is 7.47. The van der Waals surface area contributed by atoms with E-state index in [1.807, 2.05) is 0 Å². The largest absolute Gasteiger partial charge is 0.496 e. The van der Waals surface area contributed by atoms with Crippen molar-refractivity contribution in [3.8, 4) is 5.75 Å². The Balaban J connectivity index is 1.60. The molecule has 0 aliphatic heterocycles. The smallest absolute Gasteiger partial charge is 0.302 e. The number of methoxy groups -OCH3 is 1. The van der Waals surface area contributed by atoms with E-state index >= 15 is 0 Å². The third-order valence-electron chi connectivity index (χ3n) is 7.47. The second-order valence-electron chi connectivity index (χ2n) is 8.57. The molecule has 0 amide bonds. The van der Waals surface area contributed by atoms with Gasteiger partial charge in [0.2, 0.25) is 0 Å². The zero-order valence-electron chi connectivity index (χ0n) is 15.7. The fourth-order valence-corrected chi connectivity index (χ4v) is 6.29. The van der Waals surface area contributed by atoms with Gasteiger partial charge in [-0.1, -0.05) is 19.1 Å². The molecule has 1 aromatic carbocycles. The Bertz CT molecular complexity index is 667. The van der Waals surface area contributed by atoms with Crippen LogP contribution in [-0.2, 0) is 16.0 Å². The van der Waals surface area contributed by atoms with Crippen molar-refractivity contribution >= 4 is 5.97 Å². The Labute approximate surface area is 151 Å². The van der Waals surface area contributed by atoms with Crippen LogP contribution in [0.5, 0.6) is 5.75 Å². The van der Waals surface area contributed by atoms with Crippen LogP contribution in [0.15, 0.2) is 18.2 Å². The summed E-state index contributed by atoms with van der Waals surface area (Å²) in [6.45, 7) is 4.06. The van der Waals surface area contributed by atoms with Crippen molar-refractivity contribution in [2.45, 2.75) is 70.8 Å². The maximum atomic E-state index is 11.3. The van der Waals surface area contributed by atoms with Crippen LogP contribution in [0.1, 0.15) is 69.4 Å². The van der Waals surface area contributed by atoms with Gasteiger partial charge in [-0.15, -0.1) is 0 Å². The van der Waals surface area contributed by atoms with E-state index in [1.165, 1.54) is 43.7 Å². The molecule has 3 heteroatoms. The van der Waals surface area contributed by atoms with Gasteiger partial charge in [-0.25, -0.2) is 0 Å². The molecule has 25 heavy (non-hydrogen) atoms. The summed E-state index contributed by atoms with van der Waals surface area (Å²) >= 11 is 0. The van der Waals surface area contributed by atoms with Crippen LogP contribution in [0.4, 0.5) is 0 Å². The van der Waals surface area contributed by atoms with Crippen LogP contribution in [-0.4, -0.2) is 19.2 Å². The molecule has 4 rings (SSSR count). The molecule has 0 N–H and O–H groups in total. The summed E-state index contributed by atoms with van der Waals surface area (Å²) in [7, 11) is 1.79. The van der Waals surface area contributed by atoms with Gasteiger partial charge in [-0.2, -0.15) is 0 Å². The van der Waals surface area contributed by atoms with E-state index in [9.17, 15) is 4.79 Å². The van der Waals surface area contributed by atoms with Crippen LogP contribution >= 0.6 is 0 Å². The normalized spacial score (nSPS) is 36.6. The van der Waals surface area contributed by atoms with E-state index in [4.69, 9.17) is 9.47 Å². The molecule has 0 aromatic heterocycles. The molecule has 0 saturated heterocycles. The number of rotatable bonds is 2. The molecule has 0 spiro atoms. The highest BCUT2D eigenvalue weighted by molar-refractivity contribution is 5.66. The molecule has 136 valence electrons. The predicted octanol–water partition coefficient (Wildman–Crippen LogP) is 4.87. The highest BCUT2D eigenvalue weighted by Crippen LogP contribution is 2.61. The predicted molar refractivity (Wildman–Crippen MR) is 97.8 cm³/mol. The summed E-state index contributed by atoms with van der Waals surface area (Å²) in [5.74, 6) is 3.07. The molecule has 3 aliphatic carbocycles. The molecule has 1 aromatic rings. The summed E-state index contributed by atoms with van der Waals surface area (Å²) in [6, 6.07) is 6.60. The first-order valence-electron chi connectivity index (χ1n) is 9.86. The Morgan fingerprint density at radius 1 is 1.20 bits per heavy atom. The Morgan fingerprint density at radius 3 is 2.80 bits per heavy atom. The van der Waals surface area contributed by atoms with Crippen molar-refractivity contribution in [2.24, 2.45) is 17.3 Å². The van der Waals surface area contributed by atoms with Crippen molar-refractivity contribution in [3.63, 3.8) is 0 Å². The standard InChI is InChI=1S/C22H30O3/c1-14(23)25-16-11-12-22(2)15(13-16)7-8-18-17-5-4-6-21(24-3)19(17)9-10-20(18)22/h4-6,15-16,18,20H,7-13H2,1-3H3/t15-,16-,18+,20+,22-/m1/s1. The van der Waals surface area contributed by atoms with E-state index in [0.29, 0.717) is 17.3 Å². The van der Waals surface area contributed by atoms with Gasteiger partial charge in [0.05, 0.1) is 7.11 Å². The number of carbonyl (C=O) groups excluding carboxylic acids is 1. The highest BCUT2D eigenvalue weighted by atomic mass is 16.5. The van der Waals surface area contributed by atoms with E-state index < -0.39 is 0 Å². The number of hydrogen-bond acceptors (Lipinski definition) is 3. The monoisotopic (exact) mass is 342 g/mol. The van der Waals surface area contributed by atoms with Crippen molar-refractivity contribution in [3.05, 3.63) is 29.3 Å². The fraction of sp³-hybridized carbons (Fsp3) is 0.682. The van der Waals surface area contributed by atoms with Gasteiger partial charge >= 0.3 is 5.97 Å². The topological polar surface area (TPSA) is 35.5 Å². The van der Waals surface area contributed by atoms with Gasteiger partial charge in [-0.3, -0.25) is 4.79 Å². The van der Waals surface area contributed by atoms with Crippen molar-refractivity contribution < 1.29 is 14.3 Å². The second-order valence-corrected chi connectivity index (χ2v) is 8.57. The van der Waals surface area contributed by atoms with Crippen LogP contribution in [0.3, 0.4) is 0 Å². The summed E-state index contributed by atoms with van der Waals surface area (Å²) in [5, 5.41) is 0. The van der Waals surface area contributed by atoms with Gasteiger partial charge in [0.25, 0.3) is 0 Å². The van der Waals surface area contributed by atoms with Gasteiger partial charge in [0.15, 0.2) is 0 Å². The number of hydrogen-bond donors (Lipinski definition) is 0. The lowest BCUT2D eigenvalue weighted by Crippen LogP contribution is -2.49. The molecule has 0 radical (unpaired) electrons. The molecule has 0 heterocycles. The number of fused-ring (bicyclic) bond motifs is 5. The number of benzene rings is 1. The minimum absolute atomic E-state index is 0.124. The van der Waals surface area contributed by atoms with Crippen LogP contribution in [0.2, 0.25) is 0 Å². The van der Waals surface area contributed by atoms with E-state index in [-0.39, 0.29) is 12.1 Å². The van der Waals surface area contributed by atoms with E-state index in [1.54, 1.807) is 7.11 Å². The fourth-order valence-electron chi connectivity index (χ4n) is 6.29. The molecule has 2 fully saturated rings. The lowest BCUT2D eigenvalue weighted by Gasteiger charge is -2.56. The highest BCUT2D eigenvalue weighted by Gasteiger charge is 2.52. The first-order chi connectivity index (χ1) is 12.0. The zero-order valence-corrected chi connectivity index (χ0v) is 15.7. The van der Waals surface area contributed by atoms with Gasteiger partial charge < -0.3 is 9.47 Å². The molecule has 0 unspecified atom stereocenters. The lowest BCUT2D eigenvalue weighted by molar-refractivity contribution is -0.153. The second kappa shape index (κ2) is 6.34. The summed E-state index contributed by atoms with van der Waals surface area (Å²) in [5.41, 5.74) is 3.37. The van der Waals surface area contributed by atoms with Crippen LogP contribution < -0.4 is 4.74 Å². The number of carbonyl (C=O) groups is 1. The molecular weight excluding hydrogens is 312 g/mol. The van der Waals surface area contributed by atoms with E-state index in [0.717, 1.165) is 30.9 Å². The van der Waals surface area contributed by atoms with E-state index in [2.05, 4.69) is 25.1 Å². The van der Waals surface area contributed by atoms with Crippen molar-refractivity contribution in [1.82, 2.24) is 0 Å². The Morgan fingerprint density at radius 2 is 2.04 bits per heavy atom. The Kier molecular flexibility index (Phi) is 4.29. The first-order valence-corrected chi connectivity index (χ1v) is 9.86. The quantitative estimate of drug-likeness (QED) is 0.719. The van der Waals surface area contributed by atoms with Crippen molar-refractivity contribution in [2.75, 3.05) is 7.11 Å². The molecule has 0 bridgehead atoms. The maximum Gasteiger partial charge on any atom is 0.302 e. The average molecular weight is 342 g/mol. The molecule has 2 saturated carbocycles. The van der Waals surface area contributed by atoms with Crippen molar-refractivity contribution in [1.29, 1.82) is 0 Å². The minimum atomic E-state index is -0.124. The number of ether oxygens (including phenoxy) is 2. The first kappa shape index (κ1) is 16.9. The average Bonchev–Trinajstić information content (AvgIpc) is 2.60. The van der Waals surface area contributed by atoms with Gasteiger partial charge in [0.1, 0.15) is 11.9 Å². The molecule has 3 aliphatic rings. The SMILES string of the molecule is COc1cccc2c1CC[C@H]1[C@H]2CC[C@@H]2C[C@H](OC(C)=O)CC[C@]21C. The summed E-state index contributed by atoms with van der Waals surface area (Å²) in [4.78, 5) is 11.3. The van der Waals surface area contributed by atoms with Gasteiger partial charge in [-0.05, 0) is 85.3 Å². The zero-order chi connectivity index (χ0) is 17.6. The molecular formula is C22H30O3. The molecule has 5 atom stereocenters. The molecule has 3 nitrogen and oxygen atoms in total. The third kappa shape index (κ3) is 2.76. The Hall–Kier alpha value is -1.51. The lowest BCUT2D eigenvalue weighted by atomic mass is 9.49. The summed E-state index contributed by atoms with van der Waals surface area (Å²) < 4.78 is 11.2. The van der Waals surface area contributed by atoms with Gasteiger partial charge in [0, 0.05) is 6.92 Å². The maximum absolute atomic E-state index is 11.3. The summed E-state index contributed by atoms with van der Waals surface area (Å²) in [6.07, 6.45) is 8.34. The van der Waals surface area contributed by atoms with Crippen LogP contribution in [0, 0.1) is 17.3 Å².